The molecule has 3 rings (SSSR count). The minimum Gasteiger partial charge on any atom is -0.461 e. The van der Waals surface area contributed by atoms with Crippen molar-refractivity contribution in [2.24, 2.45) is 23.7 Å². The van der Waals surface area contributed by atoms with Gasteiger partial charge in [0.25, 0.3) is 0 Å². The van der Waals surface area contributed by atoms with Gasteiger partial charge in [-0.3, -0.25) is 14.4 Å². The van der Waals surface area contributed by atoms with Gasteiger partial charge in [0.05, 0.1) is 0 Å². The van der Waals surface area contributed by atoms with E-state index in [2.05, 4.69) is 20.8 Å². The molecule has 0 unspecified atom stereocenters. The quantitative estimate of drug-likeness (QED) is 0.352. The van der Waals surface area contributed by atoms with E-state index in [9.17, 15) is 14.4 Å². The van der Waals surface area contributed by atoms with Gasteiger partial charge in [0, 0.05) is 11.1 Å². The first-order chi connectivity index (χ1) is 14.4. The van der Waals surface area contributed by atoms with E-state index in [0.717, 1.165) is 19.3 Å². The molecule has 0 spiro atoms. The van der Waals surface area contributed by atoms with Gasteiger partial charge in [-0.25, -0.2) is 0 Å². The van der Waals surface area contributed by atoms with Crippen molar-refractivity contribution in [1.82, 2.24) is 0 Å². The van der Waals surface area contributed by atoms with Gasteiger partial charge in [0.2, 0.25) is 0 Å². The Bertz CT molecular complexity index is 821. The summed E-state index contributed by atoms with van der Waals surface area (Å²) >= 11 is 0. The molecule has 0 saturated heterocycles. The number of esters is 1. The maximum atomic E-state index is 13.3. The van der Waals surface area contributed by atoms with Crippen LogP contribution in [0.5, 0.6) is 0 Å². The SMILES string of the molecule is CC(C)[C@@H]1CC[C@H](C)C[C@H]1OC(=O)C(C(=O)c1ccccc1)C(=O)c1ccccc1. The minimum absolute atomic E-state index is 0.240. The Morgan fingerprint density at radius 2 is 1.33 bits per heavy atom. The van der Waals surface area contributed by atoms with Crippen LogP contribution in [0.1, 0.15) is 60.7 Å². The largest absolute Gasteiger partial charge is 0.461 e. The van der Waals surface area contributed by atoms with Crippen LogP contribution in [0.4, 0.5) is 0 Å². The fraction of sp³-hybridized carbons (Fsp3) is 0.423. The zero-order valence-corrected chi connectivity index (χ0v) is 17.9. The number of ketones is 2. The first-order valence-corrected chi connectivity index (χ1v) is 10.8. The summed E-state index contributed by atoms with van der Waals surface area (Å²) in [6.07, 6.45) is 2.59. The number of carbonyl (C=O) groups is 3. The molecule has 0 radical (unpaired) electrons. The van der Waals surface area contributed by atoms with Gasteiger partial charge in [0.1, 0.15) is 6.10 Å². The van der Waals surface area contributed by atoms with Crippen molar-refractivity contribution in [3.63, 3.8) is 0 Å². The van der Waals surface area contributed by atoms with Gasteiger partial charge in [-0.2, -0.15) is 0 Å². The van der Waals surface area contributed by atoms with Crippen molar-refractivity contribution in [2.45, 2.75) is 46.1 Å². The summed E-state index contributed by atoms with van der Waals surface area (Å²) in [7, 11) is 0. The van der Waals surface area contributed by atoms with E-state index >= 15 is 0 Å². The Hall–Kier alpha value is -2.75. The zero-order valence-electron chi connectivity index (χ0n) is 17.9. The van der Waals surface area contributed by atoms with Gasteiger partial charge in [-0.15, -0.1) is 0 Å². The van der Waals surface area contributed by atoms with Gasteiger partial charge < -0.3 is 4.74 Å². The molecular weight excluding hydrogens is 376 g/mol. The maximum absolute atomic E-state index is 13.3. The minimum atomic E-state index is -1.49. The van der Waals surface area contributed by atoms with Crippen LogP contribution in [0.15, 0.2) is 60.7 Å². The lowest BCUT2D eigenvalue weighted by Crippen LogP contribution is -2.41. The highest BCUT2D eigenvalue weighted by Crippen LogP contribution is 2.36. The molecule has 0 N–H and O–H groups in total. The Labute approximate surface area is 178 Å². The molecule has 1 aliphatic rings. The van der Waals surface area contributed by atoms with Crippen LogP contribution in [-0.4, -0.2) is 23.6 Å². The molecule has 30 heavy (non-hydrogen) atoms. The third-order valence-electron chi connectivity index (χ3n) is 6.11. The van der Waals surface area contributed by atoms with E-state index in [4.69, 9.17) is 4.74 Å². The number of ether oxygens (including phenoxy) is 1. The second-order valence-electron chi connectivity index (χ2n) is 8.69. The lowest BCUT2D eigenvalue weighted by atomic mass is 9.75. The molecule has 2 aromatic rings. The molecule has 3 atom stereocenters. The zero-order chi connectivity index (χ0) is 21.7. The molecule has 0 bridgehead atoms. The molecule has 4 nitrogen and oxygen atoms in total. The van der Waals surface area contributed by atoms with E-state index in [-0.39, 0.29) is 12.0 Å². The molecule has 0 amide bonds. The Balaban J connectivity index is 1.90. The van der Waals surface area contributed by atoms with Crippen molar-refractivity contribution in [3.05, 3.63) is 71.8 Å². The van der Waals surface area contributed by atoms with Crippen LogP contribution in [0.3, 0.4) is 0 Å². The molecular formula is C26H30O4. The fourth-order valence-corrected chi connectivity index (χ4v) is 4.34. The highest BCUT2D eigenvalue weighted by molar-refractivity contribution is 6.26. The van der Waals surface area contributed by atoms with Crippen molar-refractivity contribution in [3.8, 4) is 0 Å². The molecule has 4 heteroatoms. The average Bonchev–Trinajstić information content (AvgIpc) is 2.74. The summed E-state index contributed by atoms with van der Waals surface area (Å²) in [5.41, 5.74) is 0.669. The Kier molecular flexibility index (Phi) is 7.20. The first-order valence-electron chi connectivity index (χ1n) is 10.8. The van der Waals surface area contributed by atoms with E-state index in [1.165, 1.54) is 0 Å². The molecule has 2 aromatic carbocycles. The normalized spacial score (nSPS) is 21.4. The molecule has 1 saturated carbocycles. The summed E-state index contributed by atoms with van der Waals surface area (Å²) < 4.78 is 5.90. The molecule has 0 aromatic heterocycles. The second-order valence-corrected chi connectivity index (χ2v) is 8.69. The van der Waals surface area contributed by atoms with Gasteiger partial charge in [-0.1, -0.05) is 87.9 Å². The molecule has 0 aliphatic heterocycles. The number of benzene rings is 2. The van der Waals surface area contributed by atoms with Gasteiger partial charge in [-0.05, 0) is 30.6 Å². The number of Topliss-reactive ketones (excluding diaryl/α,β-unsaturated/α-hetero) is 2. The summed E-state index contributed by atoms with van der Waals surface area (Å²) in [6, 6.07) is 17.0. The van der Waals surface area contributed by atoms with Crippen LogP contribution < -0.4 is 0 Å². The fourth-order valence-electron chi connectivity index (χ4n) is 4.34. The maximum Gasteiger partial charge on any atom is 0.325 e. The van der Waals surface area contributed by atoms with Crippen molar-refractivity contribution in [1.29, 1.82) is 0 Å². The first kappa shape index (κ1) is 21.9. The summed E-state index contributed by atoms with van der Waals surface area (Å²) in [5, 5.41) is 0. The highest BCUT2D eigenvalue weighted by Gasteiger charge is 2.40. The standard InChI is InChI=1S/C26H30O4/c1-17(2)21-15-14-18(3)16-22(21)30-26(29)23(24(27)19-10-6-4-7-11-19)25(28)20-12-8-5-9-13-20/h4-13,17-18,21-23H,14-16H2,1-3H3/t18-,21-,22+/m0/s1. The molecule has 158 valence electrons. The van der Waals surface area contributed by atoms with Crippen molar-refractivity contribution >= 4 is 17.5 Å². The highest BCUT2D eigenvalue weighted by atomic mass is 16.5. The molecule has 0 heterocycles. The number of hydrogen-bond donors (Lipinski definition) is 0. The third kappa shape index (κ3) is 5.05. The summed E-state index contributed by atoms with van der Waals surface area (Å²) in [5.74, 6) is -2.19. The van der Waals surface area contributed by atoms with E-state index < -0.39 is 23.5 Å². The topological polar surface area (TPSA) is 60.4 Å². The molecule has 1 aliphatic carbocycles. The lowest BCUT2D eigenvalue weighted by molar-refractivity contribution is -0.157. The van der Waals surface area contributed by atoms with E-state index in [1.54, 1.807) is 60.7 Å². The summed E-state index contributed by atoms with van der Waals surface area (Å²) in [6.45, 7) is 6.41. The second kappa shape index (κ2) is 9.84. The molecule has 1 fully saturated rings. The van der Waals surface area contributed by atoms with Crippen molar-refractivity contribution in [2.75, 3.05) is 0 Å². The smallest absolute Gasteiger partial charge is 0.325 e. The predicted molar refractivity (Wildman–Crippen MR) is 116 cm³/mol. The van der Waals surface area contributed by atoms with E-state index in [0.29, 0.717) is 23.0 Å². The predicted octanol–water partition coefficient (Wildman–Crippen LogP) is 5.37. The number of carbonyl (C=O) groups excluding carboxylic acids is 3. The van der Waals surface area contributed by atoms with Crippen LogP contribution in [-0.2, 0) is 9.53 Å². The van der Waals surface area contributed by atoms with Gasteiger partial charge in [0.15, 0.2) is 17.5 Å². The number of rotatable bonds is 7. The van der Waals surface area contributed by atoms with Crippen LogP contribution in [0.2, 0.25) is 0 Å². The lowest BCUT2D eigenvalue weighted by Gasteiger charge is -2.37. The van der Waals surface area contributed by atoms with Crippen LogP contribution in [0, 0.1) is 23.7 Å². The van der Waals surface area contributed by atoms with Crippen molar-refractivity contribution < 1.29 is 19.1 Å². The Morgan fingerprint density at radius 1 is 0.833 bits per heavy atom. The summed E-state index contributed by atoms with van der Waals surface area (Å²) in [4.78, 5) is 39.7. The Morgan fingerprint density at radius 3 is 1.80 bits per heavy atom. The van der Waals surface area contributed by atoms with Crippen LogP contribution >= 0.6 is 0 Å². The van der Waals surface area contributed by atoms with E-state index in [1.807, 2.05) is 0 Å². The third-order valence-corrected chi connectivity index (χ3v) is 6.11. The monoisotopic (exact) mass is 406 g/mol. The number of hydrogen-bond acceptors (Lipinski definition) is 4. The average molecular weight is 407 g/mol. The van der Waals surface area contributed by atoms with Gasteiger partial charge >= 0.3 is 5.97 Å². The van der Waals surface area contributed by atoms with Crippen LogP contribution in [0.25, 0.3) is 0 Å².